The van der Waals surface area contributed by atoms with Gasteiger partial charge < -0.3 is 5.32 Å². The maximum absolute atomic E-state index is 10.9. The van der Waals surface area contributed by atoms with E-state index in [1.165, 1.54) is 12.1 Å². The van der Waals surface area contributed by atoms with Crippen molar-refractivity contribution >= 4 is 34.6 Å². The molecule has 2 aromatic carbocycles. The summed E-state index contributed by atoms with van der Waals surface area (Å²) in [5.74, 6) is 0. The lowest BCUT2D eigenvalue weighted by molar-refractivity contribution is -0.384. The third kappa shape index (κ3) is 3.86. The van der Waals surface area contributed by atoms with E-state index in [-0.39, 0.29) is 11.7 Å². The summed E-state index contributed by atoms with van der Waals surface area (Å²) >= 11 is 12.0. The number of nitro benzene ring substituents is 1. The standard InChI is InChI=1S/C15H14Cl2N2O2/c1-9-5-12(8-13(6-9)19(20)21)18-10(2)14-4-3-11(16)7-15(14)17/h3-8,10,18H,1-2H3. The smallest absolute Gasteiger partial charge is 0.271 e. The van der Waals surface area contributed by atoms with E-state index in [9.17, 15) is 10.1 Å². The van der Waals surface area contributed by atoms with Crippen molar-refractivity contribution < 1.29 is 4.92 Å². The fraction of sp³-hybridized carbons (Fsp3) is 0.200. The van der Waals surface area contributed by atoms with Crippen LogP contribution in [-0.4, -0.2) is 4.92 Å². The van der Waals surface area contributed by atoms with E-state index in [2.05, 4.69) is 5.32 Å². The van der Waals surface area contributed by atoms with Crippen LogP contribution in [-0.2, 0) is 0 Å². The number of aryl methyl sites for hydroxylation is 1. The lowest BCUT2D eigenvalue weighted by Gasteiger charge is -2.17. The summed E-state index contributed by atoms with van der Waals surface area (Å²) in [6.07, 6.45) is 0. The van der Waals surface area contributed by atoms with Crippen LogP contribution in [0.2, 0.25) is 10.0 Å². The minimum atomic E-state index is -0.405. The number of benzene rings is 2. The van der Waals surface area contributed by atoms with Gasteiger partial charge in [-0.25, -0.2) is 0 Å². The van der Waals surface area contributed by atoms with Gasteiger partial charge in [0.2, 0.25) is 0 Å². The number of hydrogen-bond acceptors (Lipinski definition) is 3. The number of anilines is 1. The Morgan fingerprint density at radius 2 is 1.90 bits per heavy atom. The molecule has 0 heterocycles. The highest BCUT2D eigenvalue weighted by Crippen LogP contribution is 2.29. The van der Waals surface area contributed by atoms with Gasteiger partial charge in [0.15, 0.2) is 0 Å². The second-order valence-electron chi connectivity index (χ2n) is 4.85. The molecule has 4 nitrogen and oxygen atoms in total. The minimum absolute atomic E-state index is 0.0619. The molecular weight excluding hydrogens is 311 g/mol. The van der Waals surface area contributed by atoms with Gasteiger partial charge in [-0.2, -0.15) is 0 Å². The molecule has 1 atom stereocenters. The SMILES string of the molecule is Cc1cc(NC(C)c2ccc(Cl)cc2Cl)cc([N+](=O)[O-])c1. The maximum Gasteiger partial charge on any atom is 0.271 e. The zero-order valence-electron chi connectivity index (χ0n) is 11.6. The van der Waals surface area contributed by atoms with Crippen LogP contribution in [0.1, 0.15) is 24.1 Å². The first-order chi connectivity index (χ1) is 9.86. The van der Waals surface area contributed by atoms with Gasteiger partial charge in [0.25, 0.3) is 5.69 Å². The molecule has 0 fully saturated rings. The van der Waals surface area contributed by atoms with Gasteiger partial charge in [0.1, 0.15) is 0 Å². The lowest BCUT2D eigenvalue weighted by atomic mass is 10.1. The molecule has 0 amide bonds. The van der Waals surface area contributed by atoms with Gasteiger partial charge in [-0.15, -0.1) is 0 Å². The molecule has 0 radical (unpaired) electrons. The molecule has 6 heteroatoms. The van der Waals surface area contributed by atoms with Crippen molar-refractivity contribution in [2.75, 3.05) is 5.32 Å². The van der Waals surface area contributed by atoms with Crippen molar-refractivity contribution in [3.05, 3.63) is 67.7 Å². The largest absolute Gasteiger partial charge is 0.378 e. The highest BCUT2D eigenvalue weighted by molar-refractivity contribution is 6.35. The van der Waals surface area contributed by atoms with E-state index in [1.54, 1.807) is 12.1 Å². The van der Waals surface area contributed by atoms with Crippen LogP contribution >= 0.6 is 23.2 Å². The normalized spacial score (nSPS) is 12.0. The third-order valence-corrected chi connectivity index (χ3v) is 3.65. The lowest BCUT2D eigenvalue weighted by Crippen LogP contribution is -2.07. The molecule has 1 unspecified atom stereocenters. The van der Waals surface area contributed by atoms with Crippen molar-refractivity contribution in [1.82, 2.24) is 0 Å². The molecule has 0 spiro atoms. The van der Waals surface area contributed by atoms with Gasteiger partial charge in [0.05, 0.1) is 4.92 Å². The molecule has 21 heavy (non-hydrogen) atoms. The summed E-state index contributed by atoms with van der Waals surface area (Å²) in [6.45, 7) is 3.75. The van der Waals surface area contributed by atoms with E-state index in [0.717, 1.165) is 11.1 Å². The highest BCUT2D eigenvalue weighted by Gasteiger charge is 2.13. The van der Waals surface area contributed by atoms with Gasteiger partial charge >= 0.3 is 0 Å². The van der Waals surface area contributed by atoms with Gasteiger partial charge in [-0.3, -0.25) is 10.1 Å². The summed E-state index contributed by atoms with van der Waals surface area (Å²) in [5.41, 5.74) is 2.44. The quantitative estimate of drug-likeness (QED) is 0.606. The maximum atomic E-state index is 10.9. The fourth-order valence-corrected chi connectivity index (χ4v) is 2.70. The van der Waals surface area contributed by atoms with E-state index in [4.69, 9.17) is 23.2 Å². The van der Waals surface area contributed by atoms with Crippen LogP contribution in [0, 0.1) is 17.0 Å². The van der Waals surface area contributed by atoms with Crippen LogP contribution < -0.4 is 5.32 Å². The fourth-order valence-electron chi connectivity index (χ4n) is 2.13. The molecule has 0 aliphatic rings. The third-order valence-electron chi connectivity index (χ3n) is 3.09. The number of non-ortho nitro benzene ring substituents is 1. The van der Waals surface area contributed by atoms with Crippen molar-refractivity contribution in [2.45, 2.75) is 19.9 Å². The van der Waals surface area contributed by atoms with E-state index in [1.807, 2.05) is 26.0 Å². The number of nitro groups is 1. The van der Waals surface area contributed by atoms with Crippen molar-refractivity contribution in [3.8, 4) is 0 Å². The average molecular weight is 325 g/mol. The Labute approximate surface area is 132 Å². The topological polar surface area (TPSA) is 55.2 Å². The Morgan fingerprint density at radius 3 is 2.52 bits per heavy atom. The van der Waals surface area contributed by atoms with Gasteiger partial charge in [-0.05, 0) is 43.2 Å². The Bertz CT molecular complexity index is 689. The summed E-state index contributed by atoms with van der Waals surface area (Å²) < 4.78 is 0. The summed E-state index contributed by atoms with van der Waals surface area (Å²) in [4.78, 5) is 10.5. The molecule has 0 saturated carbocycles. The Kier molecular flexibility index (Phi) is 4.70. The average Bonchev–Trinajstić information content (AvgIpc) is 2.37. The molecular formula is C15H14Cl2N2O2. The number of hydrogen-bond donors (Lipinski definition) is 1. The molecule has 0 saturated heterocycles. The molecule has 0 bridgehead atoms. The van der Waals surface area contributed by atoms with Crippen molar-refractivity contribution in [2.24, 2.45) is 0 Å². The van der Waals surface area contributed by atoms with Crippen molar-refractivity contribution in [3.63, 3.8) is 0 Å². The zero-order chi connectivity index (χ0) is 15.6. The number of nitrogens with one attached hydrogen (secondary N) is 1. The first-order valence-corrected chi connectivity index (χ1v) is 7.10. The first kappa shape index (κ1) is 15.6. The van der Waals surface area contributed by atoms with Crippen LogP contribution in [0.15, 0.2) is 36.4 Å². The molecule has 2 rings (SSSR count). The molecule has 110 valence electrons. The van der Waals surface area contributed by atoms with Crippen LogP contribution in [0.25, 0.3) is 0 Å². The van der Waals surface area contributed by atoms with Gasteiger partial charge in [-0.1, -0.05) is 29.3 Å². The predicted octanol–water partition coefficient (Wildman–Crippen LogP) is 5.38. The minimum Gasteiger partial charge on any atom is -0.378 e. The molecule has 1 N–H and O–H groups in total. The van der Waals surface area contributed by atoms with E-state index < -0.39 is 4.92 Å². The van der Waals surface area contributed by atoms with Crippen LogP contribution in [0.4, 0.5) is 11.4 Å². The van der Waals surface area contributed by atoms with Gasteiger partial charge in [0, 0.05) is 33.9 Å². The molecule has 0 aromatic heterocycles. The van der Waals surface area contributed by atoms with Crippen LogP contribution in [0.3, 0.4) is 0 Å². The predicted molar refractivity (Wildman–Crippen MR) is 86.3 cm³/mol. The Balaban J connectivity index is 2.27. The van der Waals surface area contributed by atoms with E-state index in [0.29, 0.717) is 15.7 Å². The summed E-state index contributed by atoms with van der Waals surface area (Å²) in [7, 11) is 0. The van der Waals surface area contributed by atoms with Crippen LogP contribution in [0.5, 0.6) is 0 Å². The Hall–Kier alpha value is -1.78. The Morgan fingerprint density at radius 1 is 1.19 bits per heavy atom. The second kappa shape index (κ2) is 6.33. The summed E-state index contributed by atoms with van der Waals surface area (Å²) in [5, 5.41) is 15.2. The monoisotopic (exact) mass is 324 g/mol. The molecule has 2 aromatic rings. The van der Waals surface area contributed by atoms with E-state index >= 15 is 0 Å². The number of halogens is 2. The van der Waals surface area contributed by atoms with Crippen molar-refractivity contribution in [1.29, 1.82) is 0 Å². The first-order valence-electron chi connectivity index (χ1n) is 6.34. The molecule has 0 aliphatic heterocycles. The summed E-state index contributed by atoms with van der Waals surface area (Å²) in [6, 6.07) is 10.1. The second-order valence-corrected chi connectivity index (χ2v) is 5.69. The number of nitrogens with zero attached hydrogens (tertiary/aromatic N) is 1. The zero-order valence-corrected chi connectivity index (χ0v) is 13.1. The molecule has 0 aliphatic carbocycles. The number of rotatable bonds is 4. The highest BCUT2D eigenvalue weighted by atomic mass is 35.5.